The van der Waals surface area contributed by atoms with Gasteiger partial charge in [0.1, 0.15) is 16.6 Å². The van der Waals surface area contributed by atoms with E-state index in [1.54, 1.807) is 4.68 Å². The first-order chi connectivity index (χ1) is 9.06. The summed E-state index contributed by atoms with van der Waals surface area (Å²) < 4.78 is 1.72. The number of aryl methyl sites for hydroxylation is 4. The zero-order chi connectivity index (χ0) is 13.6. The maximum absolute atomic E-state index is 5.83. The summed E-state index contributed by atoms with van der Waals surface area (Å²) in [5.41, 5.74) is 8.99. The summed E-state index contributed by atoms with van der Waals surface area (Å²) >= 11 is 5.15. The molecule has 0 fully saturated rings. The Morgan fingerprint density at radius 2 is 2.11 bits per heavy atom. The van der Waals surface area contributed by atoms with Crippen LogP contribution in [0.3, 0.4) is 0 Å². The summed E-state index contributed by atoms with van der Waals surface area (Å²) in [6, 6.07) is 2.06. The maximum atomic E-state index is 5.83. The molecule has 0 radical (unpaired) electrons. The van der Waals surface area contributed by atoms with Crippen LogP contribution in [0.5, 0.6) is 0 Å². The lowest BCUT2D eigenvalue weighted by atomic mass is 10.1. The SMILES string of the molecule is Cc1nc(C)n(-c2nc3c(cc2C(N)=S)CCC3)n1. The predicted molar refractivity (Wildman–Crippen MR) is 76.5 cm³/mol. The van der Waals surface area contributed by atoms with Crippen molar-refractivity contribution in [3.8, 4) is 5.82 Å². The minimum atomic E-state index is 0.352. The van der Waals surface area contributed by atoms with Crippen LogP contribution in [0.4, 0.5) is 0 Å². The molecule has 5 nitrogen and oxygen atoms in total. The van der Waals surface area contributed by atoms with E-state index in [0.29, 0.717) is 16.6 Å². The minimum absolute atomic E-state index is 0.352. The van der Waals surface area contributed by atoms with Crippen LogP contribution in [-0.2, 0) is 12.8 Å². The van der Waals surface area contributed by atoms with Crippen molar-refractivity contribution in [2.45, 2.75) is 33.1 Å². The Balaban J connectivity index is 2.25. The summed E-state index contributed by atoms with van der Waals surface area (Å²) in [7, 11) is 0. The van der Waals surface area contributed by atoms with Gasteiger partial charge in [0, 0.05) is 5.69 Å². The number of pyridine rings is 1. The Hall–Kier alpha value is -1.82. The molecular formula is C13H15N5S. The lowest BCUT2D eigenvalue weighted by molar-refractivity contribution is 0.792. The second-order valence-electron chi connectivity index (χ2n) is 4.80. The molecule has 0 atom stereocenters. The lowest BCUT2D eigenvalue weighted by Gasteiger charge is -2.11. The van der Waals surface area contributed by atoms with Crippen LogP contribution in [0.25, 0.3) is 5.82 Å². The van der Waals surface area contributed by atoms with Gasteiger partial charge in [-0.25, -0.2) is 9.97 Å². The molecular weight excluding hydrogens is 258 g/mol. The third-order valence-corrected chi connectivity index (χ3v) is 3.59. The highest BCUT2D eigenvalue weighted by Gasteiger charge is 2.20. The van der Waals surface area contributed by atoms with Gasteiger partial charge in [0.25, 0.3) is 0 Å². The molecule has 2 N–H and O–H groups in total. The highest BCUT2D eigenvalue weighted by Crippen LogP contribution is 2.25. The second kappa shape index (κ2) is 4.38. The predicted octanol–water partition coefficient (Wildman–Crippen LogP) is 1.40. The van der Waals surface area contributed by atoms with Crippen molar-refractivity contribution in [1.82, 2.24) is 19.7 Å². The van der Waals surface area contributed by atoms with Crippen LogP contribution in [0, 0.1) is 13.8 Å². The highest BCUT2D eigenvalue weighted by atomic mass is 32.1. The molecule has 3 rings (SSSR count). The van der Waals surface area contributed by atoms with E-state index in [9.17, 15) is 0 Å². The first-order valence-electron chi connectivity index (χ1n) is 6.29. The van der Waals surface area contributed by atoms with E-state index in [1.807, 2.05) is 13.8 Å². The van der Waals surface area contributed by atoms with Crippen molar-refractivity contribution in [3.63, 3.8) is 0 Å². The van der Waals surface area contributed by atoms with Crippen LogP contribution < -0.4 is 5.73 Å². The van der Waals surface area contributed by atoms with Gasteiger partial charge in [-0.05, 0) is 44.7 Å². The average Bonchev–Trinajstić information content (AvgIpc) is 2.92. The Morgan fingerprint density at radius 1 is 1.32 bits per heavy atom. The molecule has 98 valence electrons. The zero-order valence-corrected chi connectivity index (χ0v) is 11.8. The van der Waals surface area contributed by atoms with Crippen molar-refractivity contribution in [2.75, 3.05) is 0 Å². The van der Waals surface area contributed by atoms with Gasteiger partial charge in [0.2, 0.25) is 0 Å². The summed E-state index contributed by atoms with van der Waals surface area (Å²) in [6.45, 7) is 3.76. The van der Waals surface area contributed by atoms with E-state index in [4.69, 9.17) is 22.9 Å². The molecule has 1 aliphatic carbocycles. The standard InChI is InChI=1S/C13H15N5S/c1-7-15-8(2)18(17-7)13-10(12(14)19)6-9-4-3-5-11(9)16-13/h6H,3-5H2,1-2H3,(H2,14,19). The molecule has 1 aliphatic rings. The molecule has 0 bridgehead atoms. The van der Waals surface area contributed by atoms with Crippen LogP contribution >= 0.6 is 12.2 Å². The van der Waals surface area contributed by atoms with Crippen molar-refractivity contribution in [1.29, 1.82) is 0 Å². The van der Waals surface area contributed by atoms with Crippen LogP contribution in [-0.4, -0.2) is 24.7 Å². The van der Waals surface area contributed by atoms with Gasteiger partial charge in [-0.3, -0.25) is 0 Å². The summed E-state index contributed by atoms with van der Waals surface area (Å²) in [4.78, 5) is 9.37. The molecule has 2 aromatic heterocycles. The lowest BCUT2D eigenvalue weighted by Crippen LogP contribution is -2.17. The molecule has 0 amide bonds. The second-order valence-corrected chi connectivity index (χ2v) is 5.24. The molecule has 0 saturated carbocycles. The largest absolute Gasteiger partial charge is 0.389 e. The Bertz CT molecular complexity index is 674. The fourth-order valence-corrected chi connectivity index (χ4v) is 2.68. The van der Waals surface area contributed by atoms with Gasteiger partial charge in [0.05, 0.1) is 5.56 Å². The first kappa shape index (κ1) is 12.2. The number of thiocarbonyl (C=S) groups is 1. The molecule has 2 aromatic rings. The first-order valence-corrected chi connectivity index (χ1v) is 6.70. The minimum Gasteiger partial charge on any atom is -0.389 e. The van der Waals surface area contributed by atoms with E-state index in [-0.39, 0.29) is 0 Å². The van der Waals surface area contributed by atoms with Gasteiger partial charge >= 0.3 is 0 Å². The van der Waals surface area contributed by atoms with Crippen LogP contribution in [0.1, 0.15) is 34.9 Å². The number of nitrogens with two attached hydrogens (primary N) is 1. The number of nitrogens with zero attached hydrogens (tertiary/aromatic N) is 4. The molecule has 2 heterocycles. The molecule has 0 spiro atoms. The Morgan fingerprint density at radius 3 is 2.74 bits per heavy atom. The van der Waals surface area contributed by atoms with Crippen molar-refractivity contribution < 1.29 is 0 Å². The molecule has 0 unspecified atom stereocenters. The fourth-order valence-electron chi connectivity index (χ4n) is 2.53. The van der Waals surface area contributed by atoms with Gasteiger partial charge < -0.3 is 5.73 Å². The molecule has 0 saturated heterocycles. The normalized spacial score (nSPS) is 13.6. The zero-order valence-electron chi connectivity index (χ0n) is 11.0. The number of hydrogen-bond donors (Lipinski definition) is 1. The van der Waals surface area contributed by atoms with Crippen LogP contribution in [0.15, 0.2) is 6.07 Å². The van der Waals surface area contributed by atoms with E-state index >= 15 is 0 Å². The van der Waals surface area contributed by atoms with Gasteiger partial charge in [-0.15, -0.1) is 5.10 Å². The quantitative estimate of drug-likeness (QED) is 0.838. The van der Waals surface area contributed by atoms with Crippen LogP contribution in [0.2, 0.25) is 0 Å². The summed E-state index contributed by atoms with van der Waals surface area (Å²) in [5.74, 6) is 2.21. The van der Waals surface area contributed by atoms with Gasteiger partial charge in [-0.2, -0.15) is 4.68 Å². The molecule has 0 aliphatic heterocycles. The van der Waals surface area contributed by atoms with Gasteiger partial charge in [0.15, 0.2) is 5.82 Å². The number of rotatable bonds is 2. The maximum Gasteiger partial charge on any atom is 0.166 e. The Labute approximate surface area is 116 Å². The van der Waals surface area contributed by atoms with E-state index in [2.05, 4.69) is 16.1 Å². The molecule has 6 heteroatoms. The topological polar surface area (TPSA) is 69.6 Å². The third-order valence-electron chi connectivity index (χ3n) is 3.37. The molecule has 19 heavy (non-hydrogen) atoms. The average molecular weight is 273 g/mol. The van der Waals surface area contributed by atoms with Crippen molar-refractivity contribution >= 4 is 17.2 Å². The monoisotopic (exact) mass is 273 g/mol. The molecule has 0 aromatic carbocycles. The summed E-state index contributed by atoms with van der Waals surface area (Å²) in [5, 5.41) is 4.38. The van der Waals surface area contributed by atoms with E-state index < -0.39 is 0 Å². The van der Waals surface area contributed by atoms with Crippen molar-refractivity contribution in [2.24, 2.45) is 5.73 Å². The van der Waals surface area contributed by atoms with E-state index in [1.165, 1.54) is 5.56 Å². The number of fused-ring (bicyclic) bond motifs is 1. The van der Waals surface area contributed by atoms with E-state index in [0.717, 1.165) is 36.3 Å². The Kier molecular flexibility index (Phi) is 2.82. The fraction of sp³-hybridized carbons (Fsp3) is 0.385. The van der Waals surface area contributed by atoms with Gasteiger partial charge in [-0.1, -0.05) is 12.2 Å². The smallest absolute Gasteiger partial charge is 0.166 e. The number of hydrogen-bond acceptors (Lipinski definition) is 4. The van der Waals surface area contributed by atoms with Crippen molar-refractivity contribution in [3.05, 3.63) is 34.5 Å². The highest BCUT2D eigenvalue weighted by molar-refractivity contribution is 7.80. The number of aromatic nitrogens is 4. The summed E-state index contributed by atoms with van der Waals surface area (Å²) in [6.07, 6.45) is 3.19. The third kappa shape index (κ3) is 2.02.